The molecule has 0 heterocycles. The number of unbranched alkanes of at least 4 members (excludes halogenated alkanes) is 2. The second-order valence-electron chi connectivity index (χ2n) is 6.16. The second-order valence-corrected chi connectivity index (χ2v) is 6.16. The van der Waals surface area contributed by atoms with E-state index < -0.39 is 5.60 Å². The zero-order chi connectivity index (χ0) is 16.3. The van der Waals surface area contributed by atoms with Crippen molar-refractivity contribution in [3.63, 3.8) is 0 Å². The monoisotopic (exact) mass is 301 g/mol. The molecule has 1 atom stereocenters. The van der Waals surface area contributed by atoms with Crippen molar-refractivity contribution < 1.29 is 14.3 Å². The molecular formula is C15H31N3O3. The first-order chi connectivity index (χ1) is 9.74. The summed E-state index contributed by atoms with van der Waals surface area (Å²) in [5.41, 5.74) is 5.34. The summed E-state index contributed by atoms with van der Waals surface area (Å²) in [6, 6.07) is 0.144. The molecule has 0 saturated heterocycles. The van der Waals surface area contributed by atoms with Crippen LogP contribution in [-0.4, -0.2) is 43.8 Å². The molecule has 21 heavy (non-hydrogen) atoms. The number of carbonyl (C=O) groups excluding carboxylic acids is 1. The fourth-order valence-corrected chi connectivity index (χ4v) is 1.74. The number of hydrogen-bond donors (Lipinski definition) is 2. The van der Waals surface area contributed by atoms with Gasteiger partial charge < -0.3 is 20.5 Å². The molecule has 0 aromatic heterocycles. The molecule has 124 valence electrons. The summed E-state index contributed by atoms with van der Waals surface area (Å²) >= 11 is 0. The summed E-state index contributed by atoms with van der Waals surface area (Å²) in [6.45, 7) is 8.85. The average Bonchev–Trinajstić information content (AvgIpc) is 2.31. The van der Waals surface area contributed by atoms with E-state index >= 15 is 0 Å². The number of esters is 1. The fraction of sp³-hybridized carbons (Fsp3) is 0.867. The van der Waals surface area contributed by atoms with Gasteiger partial charge in [0.2, 0.25) is 0 Å². The summed E-state index contributed by atoms with van der Waals surface area (Å²) in [6.07, 6.45) is 3.12. The van der Waals surface area contributed by atoms with Crippen LogP contribution in [0.2, 0.25) is 0 Å². The molecule has 1 unspecified atom stereocenters. The van der Waals surface area contributed by atoms with Crippen LogP contribution in [0.5, 0.6) is 0 Å². The number of rotatable bonds is 9. The fourth-order valence-electron chi connectivity index (χ4n) is 1.74. The number of nitrogens with two attached hydrogens (primary N) is 1. The lowest BCUT2D eigenvalue weighted by atomic mass is 10.1. The molecule has 0 aromatic rings. The van der Waals surface area contributed by atoms with Gasteiger partial charge in [0, 0.05) is 26.1 Å². The summed E-state index contributed by atoms with van der Waals surface area (Å²) in [5.74, 6) is 0.298. The topological polar surface area (TPSA) is 85.9 Å². The van der Waals surface area contributed by atoms with Crippen LogP contribution in [0, 0.1) is 0 Å². The molecule has 3 N–H and O–H groups in total. The van der Waals surface area contributed by atoms with E-state index in [1.807, 2.05) is 27.7 Å². The van der Waals surface area contributed by atoms with Crippen molar-refractivity contribution in [2.75, 3.05) is 20.3 Å². The normalized spacial score (nSPS) is 13.9. The number of carbonyl (C=O) groups is 1. The maximum atomic E-state index is 11.5. The maximum absolute atomic E-state index is 11.5. The highest BCUT2D eigenvalue weighted by Crippen LogP contribution is 2.10. The van der Waals surface area contributed by atoms with Crippen LogP contribution in [0.15, 0.2) is 4.99 Å². The smallest absolute Gasteiger partial charge is 0.306 e. The Hall–Kier alpha value is -1.30. The Morgan fingerprint density at radius 2 is 1.95 bits per heavy atom. The Kier molecular flexibility index (Phi) is 9.78. The van der Waals surface area contributed by atoms with Crippen LogP contribution < -0.4 is 11.1 Å². The van der Waals surface area contributed by atoms with Gasteiger partial charge in [0.15, 0.2) is 5.96 Å². The third-order valence-electron chi connectivity index (χ3n) is 2.55. The molecule has 6 heteroatoms. The quantitative estimate of drug-likeness (QED) is 0.294. The molecule has 0 amide bonds. The Balaban J connectivity index is 3.65. The second kappa shape index (κ2) is 10.4. The maximum Gasteiger partial charge on any atom is 0.306 e. The number of aliphatic imine (C=N–C) groups is 1. The van der Waals surface area contributed by atoms with Gasteiger partial charge in [0.1, 0.15) is 5.60 Å². The van der Waals surface area contributed by atoms with E-state index in [9.17, 15) is 4.79 Å². The number of methoxy groups -OCH3 is 1. The summed E-state index contributed by atoms with van der Waals surface area (Å²) in [5, 5.41) is 3.04. The van der Waals surface area contributed by atoms with Crippen LogP contribution >= 0.6 is 0 Å². The summed E-state index contributed by atoms with van der Waals surface area (Å²) < 4.78 is 10.2. The number of guanidine groups is 1. The molecule has 0 aliphatic rings. The lowest BCUT2D eigenvalue weighted by molar-refractivity contribution is -0.154. The van der Waals surface area contributed by atoms with E-state index in [2.05, 4.69) is 10.3 Å². The molecule has 0 aromatic carbocycles. The Morgan fingerprint density at radius 3 is 2.52 bits per heavy atom. The van der Waals surface area contributed by atoms with Gasteiger partial charge in [0.05, 0.1) is 6.61 Å². The van der Waals surface area contributed by atoms with Crippen molar-refractivity contribution in [1.82, 2.24) is 5.32 Å². The highest BCUT2D eigenvalue weighted by molar-refractivity contribution is 5.78. The van der Waals surface area contributed by atoms with Crippen LogP contribution in [-0.2, 0) is 14.3 Å². The van der Waals surface area contributed by atoms with E-state index in [4.69, 9.17) is 15.2 Å². The van der Waals surface area contributed by atoms with Crippen LogP contribution in [0.1, 0.15) is 53.4 Å². The highest BCUT2D eigenvalue weighted by atomic mass is 16.6. The predicted molar refractivity (Wildman–Crippen MR) is 85.3 cm³/mol. The summed E-state index contributed by atoms with van der Waals surface area (Å²) in [7, 11) is 1.65. The lowest BCUT2D eigenvalue weighted by Gasteiger charge is -2.19. The van der Waals surface area contributed by atoms with Gasteiger partial charge in [-0.25, -0.2) is 0 Å². The zero-order valence-corrected chi connectivity index (χ0v) is 14.1. The van der Waals surface area contributed by atoms with E-state index in [0.717, 1.165) is 19.3 Å². The van der Waals surface area contributed by atoms with Crippen LogP contribution in [0.4, 0.5) is 0 Å². The first-order valence-electron chi connectivity index (χ1n) is 7.52. The van der Waals surface area contributed by atoms with E-state index in [1.165, 1.54) is 0 Å². The highest BCUT2D eigenvalue weighted by Gasteiger charge is 2.15. The Morgan fingerprint density at radius 1 is 1.29 bits per heavy atom. The molecule has 0 bridgehead atoms. The number of nitrogens with one attached hydrogen (secondary N) is 1. The zero-order valence-electron chi connectivity index (χ0n) is 14.1. The largest absolute Gasteiger partial charge is 0.460 e. The minimum Gasteiger partial charge on any atom is -0.460 e. The molecule has 0 radical (unpaired) electrons. The molecular weight excluding hydrogens is 270 g/mol. The summed E-state index contributed by atoms with van der Waals surface area (Å²) in [4.78, 5) is 15.7. The number of hydrogen-bond acceptors (Lipinski definition) is 4. The molecule has 0 rings (SSSR count). The molecule has 6 nitrogen and oxygen atoms in total. The average molecular weight is 301 g/mol. The van der Waals surface area contributed by atoms with Gasteiger partial charge in [0.25, 0.3) is 0 Å². The molecule has 0 saturated carbocycles. The van der Waals surface area contributed by atoms with Gasteiger partial charge in [-0.2, -0.15) is 0 Å². The van der Waals surface area contributed by atoms with Crippen LogP contribution in [0.3, 0.4) is 0 Å². The minimum atomic E-state index is -0.402. The van der Waals surface area contributed by atoms with Gasteiger partial charge in [-0.05, 0) is 40.5 Å². The number of ether oxygens (including phenoxy) is 2. The number of nitrogens with zero attached hydrogens (tertiary/aromatic N) is 1. The third kappa shape index (κ3) is 13.4. The van der Waals surface area contributed by atoms with Gasteiger partial charge in [-0.1, -0.05) is 6.42 Å². The van der Waals surface area contributed by atoms with Crippen LogP contribution in [0.25, 0.3) is 0 Å². The van der Waals surface area contributed by atoms with Gasteiger partial charge in [-0.3, -0.25) is 9.79 Å². The van der Waals surface area contributed by atoms with Crippen molar-refractivity contribution in [2.24, 2.45) is 10.7 Å². The van der Waals surface area contributed by atoms with Crippen molar-refractivity contribution in [3.8, 4) is 0 Å². The van der Waals surface area contributed by atoms with Gasteiger partial charge in [-0.15, -0.1) is 0 Å². The van der Waals surface area contributed by atoms with E-state index in [0.29, 0.717) is 25.5 Å². The van der Waals surface area contributed by atoms with Crippen molar-refractivity contribution in [3.05, 3.63) is 0 Å². The van der Waals surface area contributed by atoms with E-state index in [1.54, 1.807) is 7.11 Å². The Labute approximate surface area is 128 Å². The standard InChI is InChI=1S/C15H31N3O3/c1-12(11-20-5)18-14(16)17-10-8-6-7-9-13(19)21-15(2,3)4/h12H,6-11H2,1-5H3,(H3,16,17,18). The molecule has 0 aliphatic carbocycles. The molecule has 0 spiro atoms. The SMILES string of the molecule is COCC(C)NC(N)=NCCCCCC(=O)OC(C)(C)C. The molecule has 0 fully saturated rings. The Bertz CT molecular complexity index is 325. The molecule has 0 aliphatic heterocycles. The first-order valence-corrected chi connectivity index (χ1v) is 7.52. The minimum absolute atomic E-state index is 0.138. The van der Waals surface area contributed by atoms with E-state index in [-0.39, 0.29) is 12.0 Å². The van der Waals surface area contributed by atoms with Crippen molar-refractivity contribution in [2.45, 2.75) is 65.0 Å². The first kappa shape index (κ1) is 19.7. The lowest BCUT2D eigenvalue weighted by Crippen LogP contribution is -2.40. The van der Waals surface area contributed by atoms with Gasteiger partial charge >= 0.3 is 5.97 Å². The predicted octanol–water partition coefficient (Wildman–Crippen LogP) is 1.83. The van der Waals surface area contributed by atoms with Crippen molar-refractivity contribution in [1.29, 1.82) is 0 Å². The third-order valence-corrected chi connectivity index (χ3v) is 2.55. The van der Waals surface area contributed by atoms with Crippen molar-refractivity contribution >= 4 is 11.9 Å².